The minimum Gasteiger partial charge on any atom is -0.398 e. The van der Waals surface area contributed by atoms with Crippen LogP contribution in [0.25, 0.3) is 0 Å². The zero-order valence-electron chi connectivity index (χ0n) is 9.03. The summed E-state index contributed by atoms with van der Waals surface area (Å²) in [7, 11) is 1.64. The third-order valence-corrected chi connectivity index (χ3v) is 2.22. The first-order chi connectivity index (χ1) is 7.06. The van der Waals surface area contributed by atoms with Gasteiger partial charge in [0.15, 0.2) is 0 Å². The summed E-state index contributed by atoms with van der Waals surface area (Å²) >= 11 is 0. The van der Waals surface area contributed by atoms with E-state index in [0.717, 1.165) is 5.56 Å². The lowest BCUT2D eigenvalue weighted by Crippen LogP contribution is -2.30. The third kappa shape index (κ3) is 2.70. The van der Waals surface area contributed by atoms with E-state index in [0.29, 0.717) is 17.8 Å². The number of aliphatic hydroxyl groups excluding tert-OH is 1. The van der Waals surface area contributed by atoms with E-state index >= 15 is 0 Å². The molecule has 3 N–H and O–H groups in total. The summed E-state index contributed by atoms with van der Waals surface area (Å²) in [5.74, 6) is -0.162. The van der Waals surface area contributed by atoms with Crippen LogP contribution in [0, 0.1) is 6.92 Å². The Morgan fingerprint density at radius 1 is 1.53 bits per heavy atom. The van der Waals surface area contributed by atoms with Crippen molar-refractivity contribution in [1.82, 2.24) is 4.90 Å². The number of likely N-dealkylation sites (N-methyl/N-ethyl adjacent to an activating group) is 1. The van der Waals surface area contributed by atoms with Crippen LogP contribution in [0.1, 0.15) is 15.9 Å². The van der Waals surface area contributed by atoms with E-state index in [2.05, 4.69) is 0 Å². The topological polar surface area (TPSA) is 66.6 Å². The Labute approximate surface area is 89.3 Å². The van der Waals surface area contributed by atoms with Gasteiger partial charge >= 0.3 is 0 Å². The van der Waals surface area contributed by atoms with Gasteiger partial charge in [-0.25, -0.2) is 0 Å². The standard InChI is InChI=1S/C11H16N2O2/c1-8-3-4-10(12)9(7-8)11(15)13(2)5-6-14/h3-4,7,14H,5-6,12H2,1-2H3. The monoisotopic (exact) mass is 208 g/mol. The predicted molar refractivity (Wildman–Crippen MR) is 59.6 cm³/mol. The quantitative estimate of drug-likeness (QED) is 0.716. The first-order valence-corrected chi connectivity index (χ1v) is 4.78. The summed E-state index contributed by atoms with van der Waals surface area (Å²) in [5.41, 5.74) is 7.66. The fourth-order valence-electron chi connectivity index (χ4n) is 1.31. The van der Waals surface area contributed by atoms with Gasteiger partial charge in [-0.05, 0) is 19.1 Å². The Morgan fingerprint density at radius 2 is 2.20 bits per heavy atom. The number of amides is 1. The number of aliphatic hydroxyl groups is 1. The van der Waals surface area contributed by atoms with Crippen LogP contribution < -0.4 is 5.73 Å². The highest BCUT2D eigenvalue weighted by Crippen LogP contribution is 2.15. The van der Waals surface area contributed by atoms with Crippen LogP contribution in [-0.2, 0) is 0 Å². The molecular weight excluding hydrogens is 192 g/mol. The van der Waals surface area contributed by atoms with Crippen LogP contribution >= 0.6 is 0 Å². The lowest BCUT2D eigenvalue weighted by atomic mass is 10.1. The lowest BCUT2D eigenvalue weighted by Gasteiger charge is -2.17. The van der Waals surface area contributed by atoms with Gasteiger partial charge in [-0.3, -0.25) is 4.79 Å². The van der Waals surface area contributed by atoms with Crippen molar-refractivity contribution in [2.75, 3.05) is 25.9 Å². The number of hydrogen-bond acceptors (Lipinski definition) is 3. The lowest BCUT2D eigenvalue weighted by molar-refractivity contribution is 0.0768. The van der Waals surface area contributed by atoms with Crippen molar-refractivity contribution < 1.29 is 9.90 Å². The smallest absolute Gasteiger partial charge is 0.255 e. The molecule has 0 aliphatic heterocycles. The maximum Gasteiger partial charge on any atom is 0.255 e. The van der Waals surface area contributed by atoms with Crippen molar-refractivity contribution in [3.05, 3.63) is 29.3 Å². The normalized spacial score (nSPS) is 10.1. The molecule has 0 saturated heterocycles. The van der Waals surface area contributed by atoms with Crippen molar-refractivity contribution in [2.24, 2.45) is 0 Å². The van der Waals surface area contributed by atoms with E-state index in [-0.39, 0.29) is 12.5 Å². The third-order valence-electron chi connectivity index (χ3n) is 2.22. The predicted octanol–water partition coefficient (Wildman–Crippen LogP) is 0.642. The van der Waals surface area contributed by atoms with Gasteiger partial charge in [0.2, 0.25) is 0 Å². The number of carbonyl (C=O) groups excluding carboxylic acids is 1. The van der Waals surface area contributed by atoms with E-state index in [9.17, 15) is 4.79 Å². The highest BCUT2D eigenvalue weighted by atomic mass is 16.3. The molecule has 1 aromatic rings. The molecule has 0 heterocycles. The number of nitrogens with zero attached hydrogens (tertiary/aromatic N) is 1. The molecule has 15 heavy (non-hydrogen) atoms. The van der Waals surface area contributed by atoms with Gasteiger partial charge in [0.05, 0.1) is 12.2 Å². The van der Waals surface area contributed by atoms with Crippen molar-refractivity contribution in [3.63, 3.8) is 0 Å². The zero-order chi connectivity index (χ0) is 11.4. The fraction of sp³-hybridized carbons (Fsp3) is 0.364. The second-order valence-electron chi connectivity index (χ2n) is 3.54. The van der Waals surface area contributed by atoms with Gasteiger partial charge in [0, 0.05) is 19.3 Å². The molecule has 1 rings (SSSR count). The molecule has 0 aliphatic carbocycles. The Balaban J connectivity index is 2.95. The number of rotatable bonds is 3. The Morgan fingerprint density at radius 3 is 2.80 bits per heavy atom. The number of hydrogen-bond donors (Lipinski definition) is 2. The Kier molecular flexibility index (Phi) is 3.68. The van der Waals surface area contributed by atoms with Crippen molar-refractivity contribution in [1.29, 1.82) is 0 Å². The Bertz CT molecular complexity index is 364. The molecule has 0 spiro atoms. The maximum absolute atomic E-state index is 11.8. The van der Waals surface area contributed by atoms with Crippen LogP contribution in [0.15, 0.2) is 18.2 Å². The van der Waals surface area contributed by atoms with E-state index in [1.54, 1.807) is 19.2 Å². The summed E-state index contributed by atoms with van der Waals surface area (Å²) in [5, 5.41) is 8.73. The summed E-state index contributed by atoms with van der Waals surface area (Å²) in [6, 6.07) is 5.33. The molecular formula is C11H16N2O2. The number of nitrogen functional groups attached to an aromatic ring is 1. The molecule has 0 fully saturated rings. The van der Waals surface area contributed by atoms with Gasteiger partial charge in [0.25, 0.3) is 5.91 Å². The van der Waals surface area contributed by atoms with Crippen molar-refractivity contribution >= 4 is 11.6 Å². The van der Waals surface area contributed by atoms with Crippen LogP contribution in [0.3, 0.4) is 0 Å². The van der Waals surface area contributed by atoms with E-state index in [1.165, 1.54) is 4.90 Å². The molecule has 0 saturated carbocycles. The second kappa shape index (κ2) is 4.79. The molecule has 1 aromatic carbocycles. The number of anilines is 1. The molecule has 0 bridgehead atoms. The average molecular weight is 208 g/mol. The number of benzene rings is 1. The Hall–Kier alpha value is -1.55. The summed E-state index contributed by atoms with van der Waals surface area (Å²) in [4.78, 5) is 13.3. The molecule has 0 aliphatic rings. The van der Waals surface area contributed by atoms with Crippen LogP contribution in [0.4, 0.5) is 5.69 Å². The molecule has 0 atom stereocenters. The highest BCUT2D eigenvalue weighted by Gasteiger charge is 2.13. The first kappa shape index (κ1) is 11.5. The SMILES string of the molecule is Cc1ccc(N)c(C(=O)N(C)CCO)c1. The van der Waals surface area contributed by atoms with Crippen LogP contribution in [-0.4, -0.2) is 36.1 Å². The molecule has 4 nitrogen and oxygen atoms in total. The van der Waals surface area contributed by atoms with E-state index in [1.807, 2.05) is 13.0 Å². The van der Waals surface area contributed by atoms with Gasteiger partial charge < -0.3 is 15.7 Å². The fourth-order valence-corrected chi connectivity index (χ4v) is 1.31. The van der Waals surface area contributed by atoms with Gasteiger partial charge in [-0.2, -0.15) is 0 Å². The number of aryl methyl sites for hydroxylation is 1. The summed E-state index contributed by atoms with van der Waals surface area (Å²) in [6.45, 7) is 2.17. The number of nitrogens with two attached hydrogens (primary N) is 1. The first-order valence-electron chi connectivity index (χ1n) is 4.78. The molecule has 0 unspecified atom stereocenters. The van der Waals surface area contributed by atoms with Crippen LogP contribution in [0.2, 0.25) is 0 Å². The summed E-state index contributed by atoms with van der Waals surface area (Å²) in [6.07, 6.45) is 0. The van der Waals surface area contributed by atoms with Gasteiger partial charge in [-0.1, -0.05) is 11.6 Å². The number of carbonyl (C=O) groups is 1. The molecule has 0 radical (unpaired) electrons. The molecule has 82 valence electrons. The molecule has 0 aromatic heterocycles. The molecule has 1 amide bonds. The highest BCUT2D eigenvalue weighted by molar-refractivity contribution is 5.99. The minimum absolute atomic E-state index is 0.0477. The van der Waals surface area contributed by atoms with E-state index in [4.69, 9.17) is 10.8 Å². The van der Waals surface area contributed by atoms with Crippen molar-refractivity contribution in [3.8, 4) is 0 Å². The van der Waals surface area contributed by atoms with Gasteiger partial charge in [0.1, 0.15) is 0 Å². The molecule has 4 heteroatoms. The van der Waals surface area contributed by atoms with Crippen LogP contribution in [0.5, 0.6) is 0 Å². The maximum atomic E-state index is 11.8. The minimum atomic E-state index is -0.162. The summed E-state index contributed by atoms with van der Waals surface area (Å²) < 4.78 is 0. The second-order valence-corrected chi connectivity index (χ2v) is 3.54. The van der Waals surface area contributed by atoms with E-state index < -0.39 is 0 Å². The average Bonchev–Trinajstić information content (AvgIpc) is 2.21. The van der Waals surface area contributed by atoms with Gasteiger partial charge in [-0.15, -0.1) is 0 Å². The zero-order valence-corrected chi connectivity index (χ0v) is 9.03. The largest absolute Gasteiger partial charge is 0.398 e. The van der Waals surface area contributed by atoms with Crippen molar-refractivity contribution in [2.45, 2.75) is 6.92 Å².